The van der Waals surface area contributed by atoms with E-state index < -0.39 is 0 Å². The summed E-state index contributed by atoms with van der Waals surface area (Å²) >= 11 is 0. The maximum Gasteiger partial charge on any atom is 0.213 e. The first kappa shape index (κ1) is 28.8. The lowest BCUT2D eigenvalue weighted by Crippen LogP contribution is -2.59. The molecule has 1 aliphatic carbocycles. The molecule has 1 heteroatoms. The van der Waals surface area contributed by atoms with E-state index in [-0.39, 0.29) is 21.8 Å². The van der Waals surface area contributed by atoms with Gasteiger partial charge in [-0.2, -0.15) is 4.57 Å². The summed E-state index contributed by atoms with van der Waals surface area (Å²) in [6.45, 7) is 29.0. The largest absolute Gasteiger partial charge is 0.213 e. The molecule has 0 radical (unpaired) electrons. The van der Waals surface area contributed by atoms with E-state index in [4.69, 9.17) is 6.58 Å². The van der Waals surface area contributed by atoms with Gasteiger partial charge in [-0.05, 0) is 88.1 Å². The number of rotatable bonds is 7. The van der Waals surface area contributed by atoms with Crippen LogP contribution < -0.4 is 4.57 Å². The van der Waals surface area contributed by atoms with E-state index in [0.29, 0.717) is 0 Å². The molecular weight excluding hydrogens is 482 g/mol. The van der Waals surface area contributed by atoms with Crippen LogP contribution in [0.3, 0.4) is 0 Å². The Morgan fingerprint density at radius 2 is 1.32 bits per heavy atom. The summed E-state index contributed by atoms with van der Waals surface area (Å²) in [6.07, 6.45) is 9.63. The van der Waals surface area contributed by atoms with Gasteiger partial charge in [0.15, 0.2) is 11.7 Å². The van der Waals surface area contributed by atoms with Gasteiger partial charge < -0.3 is 0 Å². The number of benzene rings is 2. The van der Waals surface area contributed by atoms with Crippen molar-refractivity contribution in [2.24, 2.45) is 5.41 Å². The fourth-order valence-electron chi connectivity index (χ4n) is 8.73. The second-order valence-electron chi connectivity index (χ2n) is 14.1. The van der Waals surface area contributed by atoms with Crippen molar-refractivity contribution in [3.8, 4) is 22.4 Å². The summed E-state index contributed by atoms with van der Waals surface area (Å²) in [7, 11) is 0. The van der Waals surface area contributed by atoms with E-state index in [9.17, 15) is 0 Å². The zero-order valence-corrected chi connectivity index (χ0v) is 27.0. The summed E-state index contributed by atoms with van der Waals surface area (Å²) in [6, 6.07) is 16.5. The van der Waals surface area contributed by atoms with Crippen molar-refractivity contribution in [2.45, 2.75) is 124 Å². The molecule has 0 saturated heterocycles. The normalized spacial score (nSPS) is 21.6. The fraction of sp³-hybridized carbons (Fsp3) is 0.513. The van der Waals surface area contributed by atoms with Crippen molar-refractivity contribution >= 4 is 5.57 Å². The molecule has 0 bridgehead atoms. The molecule has 1 nitrogen and oxygen atoms in total. The Kier molecular flexibility index (Phi) is 7.00. The first-order valence-electron chi connectivity index (χ1n) is 15.8. The first-order valence-corrected chi connectivity index (χ1v) is 15.8. The summed E-state index contributed by atoms with van der Waals surface area (Å²) in [5, 5.41) is 0. The molecule has 3 aromatic rings. The quantitative estimate of drug-likeness (QED) is 0.210. The van der Waals surface area contributed by atoms with Gasteiger partial charge in [0, 0.05) is 30.0 Å². The molecule has 1 atom stereocenters. The lowest BCUT2D eigenvalue weighted by Gasteiger charge is -2.48. The van der Waals surface area contributed by atoms with Crippen LogP contribution >= 0.6 is 0 Å². The summed E-state index contributed by atoms with van der Waals surface area (Å²) in [5.41, 5.74) is 14.0. The van der Waals surface area contributed by atoms with Crippen LogP contribution in [0.2, 0.25) is 0 Å². The minimum atomic E-state index is -0.133. The molecule has 0 fully saturated rings. The number of aryl methyl sites for hydroxylation is 2. The average Bonchev–Trinajstić information content (AvgIpc) is 3.03. The van der Waals surface area contributed by atoms with E-state index in [1.165, 1.54) is 81.5 Å². The molecule has 0 saturated carbocycles. The highest BCUT2D eigenvalue weighted by Gasteiger charge is 2.60. The Balaban J connectivity index is 1.77. The lowest BCUT2D eigenvalue weighted by atomic mass is 9.56. The monoisotopic (exact) mass is 534 g/mol. The molecule has 0 amide bonds. The van der Waals surface area contributed by atoms with Gasteiger partial charge in [-0.15, -0.1) is 0 Å². The van der Waals surface area contributed by atoms with Gasteiger partial charge in [0.25, 0.3) is 0 Å². The number of hydrogen-bond acceptors (Lipinski definition) is 0. The molecule has 1 aliphatic heterocycles. The second-order valence-corrected chi connectivity index (χ2v) is 14.1. The predicted molar refractivity (Wildman–Crippen MR) is 173 cm³/mol. The molecule has 0 N–H and O–H groups in total. The molecular formula is C39H52N+. The highest BCUT2D eigenvalue weighted by molar-refractivity contribution is 5.85. The molecule has 1 aromatic heterocycles. The van der Waals surface area contributed by atoms with E-state index >= 15 is 0 Å². The van der Waals surface area contributed by atoms with Crippen molar-refractivity contribution in [1.29, 1.82) is 0 Å². The number of nitrogens with zero attached hydrogens (tertiary/aromatic N) is 1. The molecule has 2 aliphatic rings. The number of fused-ring (bicyclic) bond motifs is 4. The maximum absolute atomic E-state index is 4.87. The van der Waals surface area contributed by atoms with Crippen molar-refractivity contribution < 1.29 is 4.57 Å². The van der Waals surface area contributed by atoms with Crippen molar-refractivity contribution in [1.82, 2.24) is 0 Å². The van der Waals surface area contributed by atoms with E-state index in [0.717, 1.165) is 12.8 Å². The van der Waals surface area contributed by atoms with Gasteiger partial charge in [0.2, 0.25) is 5.69 Å². The summed E-state index contributed by atoms with van der Waals surface area (Å²) < 4.78 is 2.60. The number of allylic oxidation sites excluding steroid dienone is 1. The molecule has 5 rings (SSSR count). The molecule has 212 valence electrons. The van der Waals surface area contributed by atoms with Crippen molar-refractivity contribution in [3.05, 3.63) is 83.1 Å². The average molecular weight is 535 g/mol. The van der Waals surface area contributed by atoms with Gasteiger partial charge in [0.05, 0.1) is 5.56 Å². The van der Waals surface area contributed by atoms with Crippen LogP contribution in [0.1, 0.15) is 122 Å². The van der Waals surface area contributed by atoms with Gasteiger partial charge >= 0.3 is 0 Å². The first-order chi connectivity index (χ1) is 18.8. The third-order valence-corrected chi connectivity index (χ3v) is 12.1. The molecule has 2 heterocycles. The minimum absolute atomic E-state index is 0.0863. The molecule has 0 spiro atoms. The van der Waals surface area contributed by atoms with E-state index in [2.05, 4.69) is 122 Å². The van der Waals surface area contributed by atoms with Crippen molar-refractivity contribution in [3.63, 3.8) is 0 Å². The zero-order chi connectivity index (χ0) is 29.3. The number of pyridine rings is 1. The Bertz CT molecular complexity index is 1460. The predicted octanol–water partition coefficient (Wildman–Crippen LogP) is 10.6. The van der Waals surface area contributed by atoms with Gasteiger partial charge in [-0.3, -0.25) is 0 Å². The number of unbranched alkanes of at least 4 members (excludes halogenated alkanes) is 2. The van der Waals surface area contributed by atoms with E-state index in [1.54, 1.807) is 0 Å². The van der Waals surface area contributed by atoms with Crippen LogP contribution in [0.4, 0.5) is 0 Å². The summed E-state index contributed by atoms with van der Waals surface area (Å²) in [5.74, 6) is 0. The van der Waals surface area contributed by atoms with Crippen LogP contribution in [0.15, 0.2) is 55.2 Å². The summed E-state index contributed by atoms with van der Waals surface area (Å²) in [4.78, 5) is 0. The maximum atomic E-state index is 4.87. The standard InChI is InChI=1S/C39H52N/c1-12-15-16-22-38(11)36(7,8)32-23-30-28(6)39(13-2,14-3)40-25-29(35-26(4)18-17-19-27(35)5)20-21-34(40)31(30)24-33(32)37(38,9)10/h17-21,23-25H,6,12-16,22H2,1-5,7-11H3/q+1. The van der Waals surface area contributed by atoms with Gasteiger partial charge in [-0.25, -0.2) is 0 Å². The Morgan fingerprint density at radius 3 is 1.88 bits per heavy atom. The van der Waals surface area contributed by atoms with Crippen LogP contribution in [0.5, 0.6) is 0 Å². The topological polar surface area (TPSA) is 3.88 Å². The SMILES string of the molecule is C=C1c2cc3c(cc2-c2ccc(-c4c(C)cccc4C)c[n+]2C1(CC)CC)C(C)(C)C(C)(CCCCC)C3(C)C. The lowest BCUT2D eigenvalue weighted by molar-refractivity contribution is -0.741. The smallest absolute Gasteiger partial charge is 0.188 e. The Hall–Kier alpha value is -2.67. The number of aromatic nitrogens is 1. The molecule has 40 heavy (non-hydrogen) atoms. The highest BCUT2D eigenvalue weighted by Crippen LogP contribution is 2.65. The van der Waals surface area contributed by atoms with Gasteiger partial charge in [0.1, 0.15) is 0 Å². The third kappa shape index (κ3) is 3.68. The Morgan fingerprint density at radius 1 is 0.750 bits per heavy atom. The fourth-order valence-corrected chi connectivity index (χ4v) is 8.73. The second kappa shape index (κ2) is 9.71. The van der Waals surface area contributed by atoms with Crippen molar-refractivity contribution in [2.75, 3.05) is 0 Å². The minimum Gasteiger partial charge on any atom is -0.188 e. The highest BCUT2D eigenvalue weighted by atomic mass is 15.1. The Labute approximate surface area is 244 Å². The molecule has 2 aromatic carbocycles. The molecule has 1 unspecified atom stereocenters. The van der Waals surface area contributed by atoms with Crippen LogP contribution in [0.25, 0.3) is 28.0 Å². The zero-order valence-electron chi connectivity index (χ0n) is 27.0. The van der Waals surface area contributed by atoms with Crippen LogP contribution in [0, 0.1) is 19.3 Å². The van der Waals surface area contributed by atoms with Gasteiger partial charge in [-0.1, -0.05) is 99.4 Å². The van der Waals surface area contributed by atoms with Crippen LogP contribution in [-0.4, -0.2) is 0 Å². The number of hydrogen-bond donors (Lipinski definition) is 0. The van der Waals surface area contributed by atoms with Crippen LogP contribution in [-0.2, 0) is 16.4 Å². The van der Waals surface area contributed by atoms with E-state index in [1.807, 2.05) is 0 Å². The third-order valence-electron chi connectivity index (χ3n) is 12.1.